The molecular weight excluding hydrogens is 302 g/mol. The van der Waals surface area contributed by atoms with Crippen LogP contribution in [-0.4, -0.2) is 21.6 Å². The second-order valence-electron chi connectivity index (χ2n) is 5.30. The Hall–Kier alpha value is -2.33. The summed E-state index contributed by atoms with van der Waals surface area (Å²) < 4.78 is 1.85. The molecule has 116 valence electrons. The number of hydrogen-bond acceptors (Lipinski definition) is 3. The topological polar surface area (TPSA) is 30.2 Å². The molecule has 1 heterocycles. The fourth-order valence-corrected chi connectivity index (χ4v) is 2.77. The molecule has 0 atom stereocenters. The van der Waals surface area contributed by atoms with E-state index in [2.05, 4.69) is 47.6 Å². The molecule has 3 rings (SSSR count). The standard InChI is InChI=1S/C19H19N3S/c1-14(16-9-11-18(23-3)12-10-16)21-22-13-19(20-15(22)2)17-7-5-4-6-8-17/h4-13H,1-3H3/b21-14+. The largest absolute Gasteiger partial charge is 0.232 e. The van der Waals surface area contributed by atoms with Gasteiger partial charge in [-0.1, -0.05) is 42.5 Å². The van der Waals surface area contributed by atoms with Crippen LogP contribution in [0.15, 0.2) is 70.8 Å². The van der Waals surface area contributed by atoms with Crippen molar-refractivity contribution in [2.24, 2.45) is 5.10 Å². The van der Waals surface area contributed by atoms with E-state index < -0.39 is 0 Å². The summed E-state index contributed by atoms with van der Waals surface area (Å²) in [6.45, 7) is 4.00. The van der Waals surface area contributed by atoms with Crippen molar-refractivity contribution in [3.05, 3.63) is 72.2 Å². The molecule has 2 aromatic carbocycles. The Balaban J connectivity index is 1.90. The lowest BCUT2D eigenvalue weighted by molar-refractivity contribution is 0.826. The SMILES string of the molecule is CSc1ccc(/C(C)=N/n2cc(-c3ccccc3)nc2C)cc1. The zero-order valence-corrected chi connectivity index (χ0v) is 14.3. The summed E-state index contributed by atoms with van der Waals surface area (Å²) in [6.07, 6.45) is 4.06. The fraction of sp³-hybridized carbons (Fsp3) is 0.158. The first-order valence-corrected chi connectivity index (χ1v) is 8.71. The van der Waals surface area contributed by atoms with E-state index in [-0.39, 0.29) is 0 Å². The van der Waals surface area contributed by atoms with Crippen LogP contribution in [0.5, 0.6) is 0 Å². The minimum atomic E-state index is 0.879. The van der Waals surface area contributed by atoms with Crippen molar-refractivity contribution in [1.82, 2.24) is 9.66 Å². The lowest BCUT2D eigenvalue weighted by atomic mass is 10.1. The van der Waals surface area contributed by atoms with E-state index >= 15 is 0 Å². The van der Waals surface area contributed by atoms with Gasteiger partial charge in [0.25, 0.3) is 0 Å². The summed E-state index contributed by atoms with van der Waals surface area (Å²) in [5.41, 5.74) is 4.14. The van der Waals surface area contributed by atoms with Crippen LogP contribution in [0.25, 0.3) is 11.3 Å². The Bertz CT molecular complexity index is 818. The summed E-state index contributed by atoms with van der Waals surface area (Å²) in [5, 5.41) is 4.69. The van der Waals surface area contributed by atoms with E-state index in [4.69, 9.17) is 5.10 Å². The molecule has 0 aliphatic heterocycles. The number of nitrogens with zero attached hydrogens (tertiary/aromatic N) is 3. The zero-order chi connectivity index (χ0) is 16.2. The second-order valence-corrected chi connectivity index (χ2v) is 6.18. The van der Waals surface area contributed by atoms with Crippen LogP contribution in [0.3, 0.4) is 0 Å². The van der Waals surface area contributed by atoms with Gasteiger partial charge in [-0.2, -0.15) is 5.10 Å². The fourth-order valence-electron chi connectivity index (χ4n) is 2.36. The van der Waals surface area contributed by atoms with E-state index in [1.165, 1.54) is 4.90 Å². The summed E-state index contributed by atoms with van der Waals surface area (Å²) in [6, 6.07) is 18.6. The highest BCUT2D eigenvalue weighted by molar-refractivity contribution is 7.98. The average molecular weight is 321 g/mol. The quantitative estimate of drug-likeness (QED) is 0.508. The number of thioether (sulfide) groups is 1. The van der Waals surface area contributed by atoms with Gasteiger partial charge in [0, 0.05) is 10.5 Å². The summed E-state index contributed by atoms with van der Waals surface area (Å²) in [4.78, 5) is 5.86. The molecule has 0 radical (unpaired) electrons. The monoisotopic (exact) mass is 321 g/mol. The van der Waals surface area contributed by atoms with E-state index in [9.17, 15) is 0 Å². The van der Waals surface area contributed by atoms with Gasteiger partial charge < -0.3 is 0 Å². The lowest BCUT2D eigenvalue weighted by Gasteiger charge is -2.03. The van der Waals surface area contributed by atoms with Gasteiger partial charge in [-0.15, -0.1) is 11.8 Å². The van der Waals surface area contributed by atoms with Crippen molar-refractivity contribution in [3.63, 3.8) is 0 Å². The second kappa shape index (κ2) is 6.84. The van der Waals surface area contributed by atoms with Crippen LogP contribution in [0.1, 0.15) is 18.3 Å². The van der Waals surface area contributed by atoms with Gasteiger partial charge in [0.1, 0.15) is 5.82 Å². The molecule has 0 unspecified atom stereocenters. The third kappa shape index (κ3) is 3.54. The molecule has 23 heavy (non-hydrogen) atoms. The van der Waals surface area contributed by atoms with Crippen LogP contribution < -0.4 is 0 Å². The first kappa shape index (κ1) is 15.6. The number of hydrogen-bond donors (Lipinski definition) is 0. The normalized spacial score (nSPS) is 11.7. The van der Waals surface area contributed by atoms with Crippen LogP contribution >= 0.6 is 11.8 Å². The highest BCUT2D eigenvalue weighted by atomic mass is 32.2. The Kier molecular flexibility index (Phi) is 4.63. The minimum Gasteiger partial charge on any atom is -0.232 e. The highest BCUT2D eigenvalue weighted by Crippen LogP contribution is 2.19. The third-order valence-corrected chi connectivity index (χ3v) is 4.44. The summed E-state index contributed by atoms with van der Waals surface area (Å²) >= 11 is 1.74. The van der Waals surface area contributed by atoms with Crippen molar-refractivity contribution >= 4 is 17.5 Å². The predicted octanol–water partition coefficient (Wildman–Crippen LogP) is 4.85. The van der Waals surface area contributed by atoms with Gasteiger partial charge in [-0.3, -0.25) is 0 Å². The first-order chi connectivity index (χ1) is 11.2. The molecule has 1 aromatic heterocycles. The van der Waals surface area contributed by atoms with Crippen LogP contribution in [-0.2, 0) is 0 Å². The predicted molar refractivity (Wildman–Crippen MR) is 98.2 cm³/mol. The maximum absolute atomic E-state index is 4.69. The van der Waals surface area contributed by atoms with Crippen molar-refractivity contribution in [2.45, 2.75) is 18.7 Å². The Morgan fingerprint density at radius 1 is 1.04 bits per heavy atom. The molecule has 0 aliphatic rings. The molecule has 0 aliphatic carbocycles. The van der Waals surface area contributed by atoms with Gasteiger partial charge in [0.2, 0.25) is 0 Å². The molecule has 3 aromatic rings. The molecule has 0 fully saturated rings. The van der Waals surface area contributed by atoms with Crippen molar-refractivity contribution in [3.8, 4) is 11.3 Å². The van der Waals surface area contributed by atoms with Crippen molar-refractivity contribution in [1.29, 1.82) is 0 Å². The zero-order valence-electron chi connectivity index (χ0n) is 13.5. The molecule has 4 heteroatoms. The molecule has 0 saturated heterocycles. The van der Waals surface area contributed by atoms with Crippen molar-refractivity contribution in [2.75, 3.05) is 6.26 Å². The lowest BCUT2D eigenvalue weighted by Crippen LogP contribution is -2.00. The Morgan fingerprint density at radius 3 is 2.39 bits per heavy atom. The van der Waals surface area contributed by atoms with Gasteiger partial charge in [-0.05, 0) is 37.8 Å². The third-order valence-electron chi connectivity index (χ3n) is 3.69. The van der Waals surface area contributed by atoms with E-state index in [1.54, 1.807) is 11.8 Å². The molecule has 0 spiro atoms. The Labute approximate surface area is 141 Å². The first-order valence-electron chi connectivity index (χ1n) is 7.49. The maximum Gasteiger partial charge on any atom is 0.127 e. The Morgan fingerprint density at radius 2 is 1.74 bits per heavy atom. The molecule has 0 amide bonds. The molecular formula is C19H19N3S. The highest BCUT2D eigenvalue weighted by Gasteiger charge is 2.06. The number of rotatable bonds is 4. The maximum atomic E-state index is 4.69. The number of aryl methyl sites for hydroxylation is 1. The van der Waals surface area contributed by atoms with Crippen LogP contribution in [0.2, 0.25) is 0 Å². The number of benzene rings is 2. The smallest absolute Gasteiger partial charge is 0.127 e. The van der Waals surface area contributed by atoms with Gasteiger partial charge in [0.15, 0.2) is 0 Å². The van der Waals surface area contributed by atoms with E-state index in [1.807, 2.05) is 42.9 Å². The van der Waals surface area contributed by atoms with E-state index in [0.717, 1.165) is 28.4 Å². The van der Waals surface area contributed by atoms with E-state index in [0.29, 0.717) is 0 Å². The van der Waals surface area contributed by atoms with Gasteiger partial charge in [0.05, 0.1) is 17.6 Å². The summed E-state index contributed by atoms with van der Waals surface area (Å²) in [7, 11) is 0. The molecule has 3 nitrogen and oxygen atoms in total. The van der Waals surface area contributed by atoms with Gasteiger partial charge in [-0.25, -0.2) is 9.66 Å². The average Bonchev–Trinajstić information content (AvgIpc) is 2.96. The summed E-state index contributed by atoms with van der Waals surface area (Å²) in [5.74, 6) is 0.879. The minimum absolute atomic E-state index is 0.879. The van der Waals surface area contributed by atoms with Gasteiger partial charge >= 0.3 is 0 Å². The molecule has 0 N–H and O–H groups in total. The van der Waals surface area contributed by atoms with Crippen molar-refractivity contribution < 1.29 is 0 Å². The van der Waals surface area contributed by atoms with Crippen LogP contribution in [0, 0.1) is 6.92 Å². The molecule has 0 bridgehead atoms. The number of aromatic nitrogens is 2. The van der Waals surface area contributed by atoms with Crippen LogP contribution in [0.4, 0.5) is 0 Å². The number of imidazole rings is 1. The molecule has 0 saturated carbocycles.